The molecule has 5 aromatic carbocycles. The van der Waals surface area contributed by atoms with E-state index in [2.05, 4.69) is 94.4 Å². The van der Waals surface area contributed by atoms with Crippen molar-refractivity contribution < 1.29 is 0 Å². The molecule has 0 saturated heterocycles. The van der Waals surface area contributed by atoms with Gasteiger partial charge in [-0.15, -0.1) is 0 Å². The Hall–Kier alpha value is -5.65. The minimum Gasteiger partial charge on any atom is -0.337 e. The third-order valence-corrected chi connectivity index (χ3v) is 7.85. The van der Waals surface area contributed by atoms with E-state index < -0.39 is 0 Å². The Morgan fingerprint density at radius 1 is 0.651 bits per heavy atom. The molecule has 0 atom stereocenters. The molecule has 43 heavy (non-hydrogen) atoms. The summed E-state index contributed by atoms with van der Waals surface area (Å²) in [7, 11) is 0. The number of rotatable bonds is 8. The largest absolute Gasteiger partial charge is 0.337 e. The van der Waals surface area contributed by atoms with E-state index in [-0.39, 0.29) is 0 Å². The molecule has 2 N–H and O–H groups in total. The van der Waals surface area contributed by atoms with E-state index in [0.29, 0.717) is 6.54 Å². The summed E-state index contributed by atoms with van der Waals surface area (Å²) < 4.78 is 2.21. The van der Waals surface area contributed by atoms with Gasteiger partial charge in [0.15, 0.2) is 0 Å². The number of benzene rings is 5. The van der Waals surface area contributed by atoms with Crippen molar-refractivity contribution in [1.29, 1.82) is 0 Å². The summed E-state index contributed by atoms with van der Waals surface area (Å²) in [5.74, 6) is 7.94. The molecule has 0 aliphatic heterocycles. The zero-order valence-corrected chi connectivity index (χ0v) is 23.7. The van der Waals surface area contributed by atoms with Gasteiger partial charge in [-0.25, -0.2) is 10.8 Å². The van der Waals surface area contributed by atoms with Crippen LogP contribution in [0.2, 0.25) is 0 Å². The maximum Gasteiger partial charge on any atom is 0.137 e. The number of para-hydroxylation sites is 3. The van der Waals surface area contributed by atoms with Crippen LogP contribution in [0.1, 0.15) is 11.1 Å². The Morgan fingerprint density at radius 3 is 1.98 bits per heavy atom. The fraction of sp³-hybridized carbons (Fsp3) is 0.0263. The van der Waals surface area contributed by atoms with Gasteiger partial charge in [0, 0.05) is 40.5 Å². The first-order valence-corrected chi connectivity index (χ1v) is 14.3. The van der Waals surface area contributed by atoms with Gasteiger partial charge in [0.25, 0.3) is 0 Å². The summed E-state index contributed by atoms with van der Waals surface area (Å²) in [6.07, 6.45) is 1.83. The van der Waals surface area contributed by atoms with Crippen molar-refractivity contribution in [3.05, 3.63) is 169 Å². The number of anilines is 3. The van der Waals surface area contributed by atoms with E-state index >= 15 is 0 Å². The van der Waals surface area contributed by atoms with Crippen molar-refractivity contribution in [1.82, 2.24) is 9.55 Å². The van der Waals surface area contributed by atoms with Crippen LogP contribution in [0.3, 0.4) is 0 Å². The molecule has 7 aromatic rings. The summed E-state index contributed by atoms with van der Waals surface area (Å²) in [5, 5.41) is 4.01. The molecule has 208 valence electrons. The summed E-state index contributed by atoms with van der Waals surface area (Å²) in [6.45, 7) is 5.37. The van der Waals surface area contributed by atoms with E-state index in [4.69, 9.17) is 17.4 Å². The van der Waals surface area contributed by atoms with Gasteiger partial charge in [-0.2, -0.15) is 0 Å². The second-order valence-electron chi connectivity index (χ2n) is 10.5. The van der Waals surface area contributed by atoms with Crippen LogP contribution in [0.15, 0.2) is 158 Å². The molecule has 5 heteroatoms. The van der Waals surface area contributed by atoms with Gasteiger partial charge < -0.3 is 4.90 Å². The average molecular weight is 558 g/mol. The Balaban J connectivity index is 1.53. The lowest BCUT2D eigenvalue weighted by Crippen LogP contribution is -2.28. The molecule has 0 aliphatic rings. The van der Waals surface area contributed by atoms with Crippen LogP contribution in [-0.2, 0) is 6.54 Å². The minimum atomic E-state index is 0.653. The molecule has 0 radical (unpaired) electrons. The number of nitrogens with two attached hydrogens (primary N) is 1. The van der Waals surface area contributed by atoms with Crippen LogP contribution in [0, 0.1) is 0 Å². The molecule has 0 aliphatic carbocycles. The number of pyridine rings is 1. The van der Waals surface area contributed by atoms with Crippen molar-refractivity contribution >= 4 is 44.6 Å². The topological polar surface area (TPSA) is 50.3 Å². The summed E-state index contributed by atoms with van der Waals surface area (Å²) in [5.41, 5.74) is 7.76. The predicted octanol–water partition coefficient (Wildman–Crippen LogP) is 8.87. The first-order chi connectivity index (χ1) is 21.2. The molecule has 2 heterocycles. The van der Waals surface area contributed by atoms with E-state index in [1.54, 1.807) is 5.01 Å². The lowest BCUT2D eigenvalue weighted by Gasteiger charge is -2.31. The van der Waals surface area contributed by atoms with Gasteiger partial charge in [-0.3, -0.25) is 9.58 Å². The van der Waals surface area contributed by atoms with Crippen molar-refractivity contribution in [2.75, 3.05) is 9.91 Å². The Kier molecular flexibility index (Phi) is 6.91. The maximum atomic E-state index is 7.12. The molecule has 5 nitrogen and oxygen atoms in total. The van der Waals surface area contributed by atoms with E-state index in [0.717, 1.165) is 55.9 Å². The number of aromatic nitrogens is 2. The third-order valence-electron chi connectivity index (χ3n) is 7.85. The van der Waals surface area contributed by atoms with Crippen LogP contribution in [0.25, 0.3) is 33.3 Å². The molecule has 0 spiro atoms. The van der Waals surface area contributed by atoms with Gasteiger partial charge in [0.2, 0.25) is 0 Å². The average Bonchev–Trinajstić information content (AvgIpc) is 3.42. The van der Waals surface area contributed by atoms with E-state index in [1.165, 1.54) is 5.56 Å². The third kappa shape index (κ3) is 4.82. The monoisotopic (exact) mass is 557 g/mol. The molecule has 7 rings (SSSR count). The normalized spacial score (nSPS) is 11.1. The van der Waals surface area contributed by atoms with Crippen molar-refractivity contribution in [2.45, 2.75) is 6.54 Å². The molecule has 0 bridgehead atoms. The second kappa shape index (κ2) is 11.3. The Bertz CT molecular complexity index is 2020. The van der Waals surface area contributed by atoms with Gasteiger partial charge >= 0.3 is 0 Å². The zero-order valence-electron chi connectivity index (χ0n) is 23.7. The molecule has 0 amide bonds. The number of hydrogen-bond donors (Lipinski definition) is 1. The molecule has 0 fully saturated rings. The Labute approximate surface area is 251 Å². The highest BCUT2D eigenvalue weighted by molar-refractivity contribution is 6.15. The van der Waals surface area contributed by atoms with E-state index in [9.17, 15) is 0 Å². The summed E-state index contributed by atoms with van der Waals surface area (Å²) in [6, 6.07) is 49.7. The predicted molar refractivity (Wildman–Crippen MR) is 179 cm³/mol. The number of nitrogens with zero attached hydrogens (tertiary/aromatic N) is 4. The highest BCUT2D eigenvalue weighted by atomic mass is 15.4. The lowest BCUT2D eigenvalue weighted by molar-refractivity contribution is 0.980. The smallest absolute Gasteiger partial charge is 0.137 e. The molecular formula is C38H31N5. The van der Waals surface area contributed by atoms with Gasteiger partial charge in [0.1, 0.15) is 5.82 Å². The van der Waals surface area contributed by atoms with Crippen LogP contribution in [0.5, 0.6) is 0 Å². The highest BCUT2D eigenvalue weighted by Gasteiger charge is 2.25. The summed E-state index contributed by atoms with van der Waals surface area (Å²) in [4.78, 5) is 7.04. The lowest BCUT2D eigenvalue weighted by atomic mass is 10.0. The van der Waals surface area contributed by atoms with Gasteiger partial charge in [-0.1, -0.05) is 104 Å². The van der Waals surface area contributed by atoms with Gasteiger partial charge in [-0.05, 0) is 54.1 Å². The molecule has 0 saturated carbocycles. The first-order valence-electron chi connectivity index (χ1n) is 14.3. The van der Waals surface area contributed by atoms with Crippen LogP contribution in [0.4, 0.5) is 17.1 Å². The molecule has 2 aromatic heterocycles. The number of fused-ring (bicyclic) bond motifs is 3. The van der Waals surface area contributed by atoms with Crippen molar-refractivity contribution in [2.24, 2.45) is 5.84 Å². The highest BCUT2D eigenvalue weighted by Crippen LogP contribution is 2.43. The van der Waals surface area contributed by atoms with Crippen molar-refractivity contribution in [3.8, 4) is 5.82 Å². The number of hydrazine groups is 1. The fourth-order valence-corrected chi connectivity index (χ4v) is 5.82. The number of hydrogen-bond acceptors (Lipinski definition) is 4. The molecule has 0 unspecified atom stereocenters. The van der Waals surface area contributed by atoms with Crippen LogP contribution < -0.4 is 15.8 Å². The quantitative estimate of drug-likeness (QED) is 0.150. The molecular weight excluding hydrogens is 526 g/mol. The van der Waals surface area contributed by atoms with Crippen LogP contribution >= 0.6 is 0 Å². The Morgan fingerprint density at radius 2 is 1.28 bits per heavy atom. The SMILES string of the molecule is C=C(c1ccc2c3ccccc3n(-c3ccccn3)c2c1N(N)c1ccccc1)N(Cc1ccccc1)c1ccccc1. The first kappa shape index (κ1) is 26.3. The standard InChI is InChI=1S/C38H31N5/c1-28(41(30-17-7-3-8-18-30)27-29-15-5-2-6-16-29)32-24-25-34-33-21-11-12-22-35(33)42(36-23-13-14-26-40-36)37(34)38(32)43(39)31-19-9-4-10-20-31/h2-26H,1,27,39H2. The summed E-state index contributed by atoms with van der Waals surface area (Å²) >= 11 is 0. The van der Waals surface area contributed by atoms with Gasteiger partial charge in [0.05, 0.1) is 22.4 Å². The second-order valence-corrected chi connectivity index (χ2v) is 10.5. The van der Waals surface area contributed by atoms with Crippen molar-refractivity contribution in [3.63, 3.8) is 0 Å². The maximum absolute atomic E-state index is 7.12. The zero-order chi connectivity index (χ0) is 29.2. The van der Waals surface area contributed by atoms with E-state index in [1.807, 2.05) is 66.9 Å². The van der Waals surface area contributed by atoms with Crippen LogP contribution in [-0.4, -0.2) is 9.55 Å². The fourth-order valence-electron chi connectivity index (χ4n) is 5.82. The minimum absolute atomic E-state index is 0.653.